The van der Waals surface area contributed by atoms with E-state index < -0.39 is 0 Å². The van der Waals surface area contributed by atoms with E-state index in [9.17, 15) is 4.79 Å². The third-order valence-electron chi connectivity index (χ3n) is 3.48. The van der Waals surface area contributed by atoms with Crippen LogP contribution in [0.1, 0.15) is 15.1 Å². The lowest BCUT2D eigenvalue weighted by atomic mass is 10.1. The number of quaternary nitrogens is 1. The Labute approximate surface area is 138 Å². The summed E-state index contributed by atoms with van der Waals surface area (Å²) in [5.74, 6) is 2.32. The van der Waals surface area contributed by atoms with Gasteiger partial charge in [-0.3, -0.25) is 4.79 Å². The molecule has 1 saturated heterocycles. The average Bonchev–Trinajstić information content (AvgIpc) is 2.48. The number of aryl methyl sites for hydroxylation is 1. The van der Waals surface area contributed by atoms with E-state index >= 15 is 0 Å². The van der Waals surface area contributed by atoms with Gasteiger partial charge in [0.2, 0.25) is 0 Å². The zero-order valence-electron chi connectivity index (χ0n) is 11.7. The Morgan fingerprint density at radius 2 is 2.00 bits per heavy atom. The molecule has 0 bridgehead atoms. The van der Waals surface area contributed by atoms with Crippen molar-refractivity contribution in [1.82, 2.24) is 0 Å². The molecule has 0 saturated carbocycles. The van der Waals surface area contributed by atoms with Crippen LogP contribution in [0.4, 0.5) is 0 Å². The summed E-state index contributed by atoms with van der Waals surface area (Å²) in [6.07, 6.45) is 0. The van der Waals surface area contributed by atoms with Crippen LogP contribution < -0.4 is 4.90 Å². The van der Waals surface area contributed by atoms with E-state index in [2.05, 4.69) is 22.6 Å². The number of nitrogens with one attached hydrogen (secondary N) is 1. The van der Waals surface area contributed by atoms with Crippen molar-refractivity contribution in [2.45, 2.75) is 10.8 Å². The molecule has 0 radical (unpaired) electrons. The van der Waals surface area contributed by atoms with Crippen molar-refractivity contribution in [3.05, 3.63) is 35.4 Å². The highest BCUT2D eigenvalue weighted by Gasteiger charge is 2.20. The number of rotatable bonds is 5. The van der Waals surface area contributed by atoms with Gasteiger partial charge in [0.25, 0.3) is 0 Å². The molecule has 1 aromatic carbocycles. The standard InChI is InChI=1S/C15H20INO2S/c1-12-2-4-13(5-3-12)14(16)15(18)19-9-6-17-7-10-20-11-8-17/h2-5,14H,6-11H2,1H3/p+1. The lowest BCUT2D eigenvalue weighted by Gasteiger charge is -2.23. The lowest BCUT2D eigenvalue weighted by Crippen LogP contribution is -3.14. The molecule has 1 aliphatic rings. The fourth-order valence-electron chi connectivity index (χ4n) is 2.15. The molecule has 20 heavy (non-hydrogen) atoms. The molecule has 0 spiro atoms. The van der Waals surface area contributed by atoms with Crippen LogP contribution in [0, 0.1) is 6.92 Å². The second-order valence-corrected chi connectivity index (χ2v) is 7.52. The molecule has 3 nitrogen and oxygen atoms in total. The van der Waals surface area contributed by atoms with Gasteiger partial charge < -0.3 is 9.64 Å². The SMILES string of the molecule is Cc1ccc(C(I)C(=O)OCC[NH+]2CCSCC2)cc1. The van der Waals surface area contributed by atoms with Gasteiger partial charge in [0.15, 0.2) is 0 Å². The number of hydrogen-bond acceptors (Lipinski definition) is 3. The highest BCUT2D eigenvalue weighted by atomic mass is 127. The molecule has 2 rings (SSSR count). The summed E-state index contributed by atoms with van der Waals surface area (Å²) < 4.78 is 5.21. The van der Waals surface area contributed by atoms with Gasteiger partial charge in [-0.25, -0.2) is 0 Å². The van der Waals surface area contributed by atoms with E-state index in [0.29, 0.717) is 6.61 Å². The van der Waals surface area contributed by atoms with Gasteiger partial charge in [-0.1, -0.05) is 52.4 Å². The van der Waals surface area contributed by atoms with Crippen molar-refractivity contribution in [1.29, 1.82) is 0 Å². The molecule has 1 fully saturated rings. The smallest absolute Gasteiger partial charge is 0.323 e. The zero-order valence-corrected chi connectivity index (χ0v) is 14.7. The van der Waals surface area contributed by atoms with Crippen LogP contribution in [0.15, 0.2) is 24.3 Å². The first kappa shape index (κ1) is 16.1. The molecular weight excluding hydrogens is 385 g/mol. The number of carbonyl (C=O) groups excluding carboxylic acids is 1. The van der Waals surface area contributed by atoms with Crippen molar-refractivity contribution in [2.75, 3.05) is 37.7 Å². The van der Waals surface area contributed by atoms with Gasteiger partial charge in [0.05, 0.1) is 13.1 Å². The van der Waals surface area contributed by atoms with Gasteiger partial charge in [0, 0.05) is 11.5 Å². The van der Waals surface area contributed by atoms with Crippen molar-refractivity contribution in [3.8, 4) is 0 Å². The summed E-state index contributed by atoms with van der Waals surface area (Å²) in [4.78, 5) is 13.6. The van der Waals surface area contributed by atoms with E-state index in [1.54, 1.807) is 4.90 Å². The maximum absolute atomic E-state index is 12.0. The molecular formula is C15H21INO2S+. The fourth-order valence-corrected chi connectivity index (χ4v) is 3.82. The molecule has 1 unspecified atom stereocenters. The van der Waals surface area contributed by atoms with Crippen molar-refractivity contribution < 1.29 is 14.4 Å². The molecule has 1 atom stereocenters. The first-order valence-electron chi connectivity index (χ1n) is 6.95. The van der Waals surface area contributed by atoms with Gasteiger partial charge in [-0.05, 0) is 12.5 Å². The highest BCUT2D eigenvalue weighted by molar-refractivity contribution is 14.1. The molecule has 0 aromatic heterocycles. The minimum absolute atomic E-state index is 0.125. The maximum Gasteiger partial charge on any atom is 0.323 e. The quantitative estimate of drug-likeness (QED) is 0.459. The van der Waals surface area contributed by atoms with Gasteiger partial charge in [-0.2, -0.15) is 11.8 Å². The van der Waals surface area contributed by atoms with Gasteiger partial charge in [0.1, 0.15) is 17.1 Å². The second-order valence-electron chi connectivity index (χ2n) is 5.05. The first-order chi connectivity index (χ1) is 9.66. The minimum atomic E-state index is -0.208. The third kappa shape index (κ3) is 4.93. The molecule has 1 N–H and O–H groups in total. The monoisotopic (exact) mass is 406 g/mol. The van der Waals surface area contributed by atoms with Gasteiger partial charge >= 0.3 is 5.97 Å². The first-order valence-corrected chi connectivity index (χ1v) is 9.35. The number of esters is 1. The fraction of sp³-hybridized carbons (Fsp3) is 0.533. The van der Waals surface area contributed by atoms with E-state index in [1.807, 2.05) is 43.0 Å². The number of alkyl halides is 1. The Morgan fingerprint density at radius 1 is 1.35 bits per heavy atom. The zero-order chi connectivity index (χ0) is 14.4. The number of halogens is 1. The molecule has 1 heterocycles. The molecule has 0 amide bonds. The normalized spacial score (nSPS) is 17.7. The average molecular weight is 406 g/mol. The van der Waals surface area contributed by atoms with Crippen molar-refractivity contribution >= 4 is 40.3 Å². The van der Waals surface area contributed by atoms with Crippen molar-refractivity contribution in [2.24, 2.45) is 0 Å². The van der Waals surface area contributed by atoms with Crippen LogP contribution in [0.2, 0.25) is 0 Å². The van der Waals surface area contributed by atoms with E-state index in [0.717, 1.165) is 12.1 Å². The van der Waals surface area contributed by atoms with Crippen LogP contribution in [-0.2, 0) is 9.53 Å². The number of hydrogen-bond donors (Lipinski definition) is 1. The number of benzene rings is 1. The summed E-state index contributed by atoms with van der Waals surface area (Å²) in [7, 11) is 0. The van der Waals surface area contributed by atoms with E-state index in [-0.39, 0.29) is 9.89 Å². The van der Waals surface area contributed by atoms with Crippen molar-refractivity contribution in [3.63, 3.8) is 0 Å². The lowest BCUT2D eigenvalue weighted by molar-refractivity contribution is -0.896. The maximum atomic E-state index is 12.0. The summed E-state index contributed by atoms with van der Waals surface area (Å²) in [6, 6.07) is 8.06. The van der Waals surface area contributed by atoms with Crippen LogP contribution in [0.5, 0.6) is 0 Å². The molecule has 0 aliphatic carbocycles. The Balaban J connectivity index is 1.74. The van der Waals surface area contributed by atoms with Crippen LogP contribution >= 0.6 is 34.4 Å². The topological polar surface area (TPSA) is 30.7 Å². The molecule has 5 heteroatoms. The van der Waals surface area contributed by atoms with Gasteiger partial charge in [-0.15, -0.1) is 0 Å². The summed E-state index contributed by atoms with van der Waals surface area (Å²) in [6.45, 7) is 5.89. The second kappa shape index (κ2) is 8.24. The summed E-state index contributed by atoms with van der Waals surface area (Å²) in [5.41, 5.74) is 2.22. The van der Waals surface area contributed by atoms with E-state index in [4.69, 9.17) is 4.74 Å². The Kier molecular flexibility index (Phi) is 6.64. The number of carbonyl (C=O) groups is 1. The molecule has 1 aliphatic heterocycles. The van der Waals surface area contributed by atoms with Crippen LogP contribution in [0.25, 0.3) is 0 Å². The molecule has 110 valence electrons. The third-order valence-corrected chi connectivity index (χ3v) is 5.69. The largest absolute Gasteiger partial charge is 0.459 e. The highest BCUT2D eigenvalue weighted by Crippen LogP contribution is 2.24. The number of thioether (sulfide) groups is 1. The predicted octanol–water partition coefficient (Wildman–Crippen LogP) is 1.65. The number of ether oxygens (including phenoxy) is 1. The van der Waals surface area contributed by atoms with Crippen LogP contribution in [0.3, 0.4) is 0 Å². The van der Waals surface area contributed by atoms with E-state index in [1.165, 1.54) is 30.2 Å². The predicted molar refractivity (Wildman–Crippen MR) is 91.8 cm³/mol. The Morgan fingerprint density at radius 3 is 2.65 bits per heavy atom. The Bertz CT molecular complexity index is 432. The summed E-state index contributed by atoms with van der Waals surface area (Å²) >= 11 is 4.17. The van der Waals surface area contributed by atoms with Crippen LogP contribution in [-0.4, -0.2) is 43.7 Å². The molecule has 1 aromatic rings. The summed E-state index contributed by atoms with van der Waals surface area (Å²) in [5, 5.41) is 0. The Hall–Kier alpha value is -0.270. The minimum Gasteiger partial charge on any atom is -0.459 e.